The summed E-state index contributed by atoms with van der Waals surface area (Å²) in [5.41, 5.74) is 4.08. The van der Waals surface area contributed by atoms with E-state index >= 15 is 0 Å². The third-order valence-electron chi connectivity index (χ3n) is 6.68. The molecule has 3 rings (SSSR count). The smallest absolute Gasteiger partial charge is 0.244 e. The van der Waals surface area contributed by atoms with Gasteiger partial charge in [-0.15, -0.1) is 0 Å². The zero-order valence-corrected chi connectivity index (χ0v) is 24.2. The van der Waals surface area contributed by atoms with Crippen LogP contribution in [0, 0.1) is 13.8 Å². The molecule has 0 unspecified atom stereocenters. The summed E-state index contributed by atoms with van der Waals surface area (Å²) in [6.45, 7) is 7.49. The van der Waals surface area contributed by atoms with E-state index in [2.05, 4.69) is 5.32 Å². The van der Waals surface area contributed by atoms with Gasteiger partial charge < -0.3 is 10.2 Å². The standard InChI is InChI=1S/C31H39N3O4S/c1-6-25(4)32-31(36)29(20-26-14-8-7-9-15-26)33(21-27-16-10-12-23(2)18-27)30(35)22-34(39(5,37)38)28-17-11-13-24(3)19-28/h7-19,25,29H,6,20-22H2,1-5H3,(H,32,36)/t25-,29+/m1/s1. The summed E-state index contributed by atoms with van der Waals surface area (Å²) in [6, 6.07) is 23.4. The molecular weight excluding hydrogens is 510 g/mol. The number of carbonyl (C=O) groups excluding carboxylic acids is 2. The summed E-state index contributed by atoms with van der Waals surface area (Å²) in [4.78, 5) is 29.3. The highest BCUT2D eigenvalue weighted by Gasteiger charge is 2.33. The van der Waals surface area contributed by atoms with E-state index in [1.54, 1.807) is 18.2 Å². The molecule has 3 aromatic carbocycles. The van der Waals surface area contributed by atoms with Crippen molar-refractivity contribution in [3.8, 4) is 0 Å². The Labute approximate surface area is 232 Å². The molecule has 0 aromatic heterocycles. The third kappa shape index (κ3) is 8.68. The maximum absolute atomic E-state index is 14.1. The molecule has 0 saturated heterocycles. The fraction of sp³-hybridized carbons (Fsp3) is 0.355. The van der Waals surface area contributed by atoms with E-state index in [0.717, 1.165) is 39.2 Å². The van der Waals surface area contributed by atoms with E-state index in [4.69, 9.17) is 0 Å². The van der Waals surface area contributed by atoms with Crippen LogP contribution in [0.3, 0.4) is 0 Å². The Morgan fingerprint density at radius 3 is 2.08 bits per heavy atom. The second kappa shape index (κ2) is 13.4. The van der Waals surface area contributed by atoms with Gasteiger partial charge in [-0.1, -0.05) is 79.2 Å². The molecule has 208 valence electrons. The average Bonchev–Trinajstić information content (AvgIpc) is 2.89. The van der Waals surface area contributed by atoms with Gasteiger partial charge in [-0.25, -0.2) is 8.42 Å². The van der Waals surface area contributed by atoms with Crippen molar-refractivity contribution >= 4 is 27.5 Å². The van der Waals surface area contributed by atoms with Crippen molar-refractivity contribution in [3.63, 3.8) is 0 Å². The molecule has 3 aromatic rings. The number of aryl methyl sites for hydroxylation is 2. The molecule has 0 spiro atoms. The van der Waals surface area contributed by atoms with E-state index in [1.807, 2.05) is 88.4 Å². The fourth-order valence-corrected chi connectivity index (χ4v) is 5.24. The Balaban J connectivity index is 2.06. The zero-order chi connectivity index (χ0) is 28.6. The number of sulfonamides is 1. The molecule has 7 nitrogen and oxygen atoms in total. The molecule has 2 atom stereocenters. The van der Waals surface area contributed by atoms with Gasteiger partial charge in [0.05, 0.1) is 11.9 Å². The zero-order valence-electron chi connectivity index (χ0n) is 23.4. The van der Waals surface area contributed by atoms with Crippen molar-refractivity contribution in [2.24, 2.45) is 0 Å². The number of benzene rings is 3. The predicted octanol–water partition coefficient (Wildman–Crippen LogP) is 4.62. The molecule has 39 heavy (non-hydrogen) atoms. The molecule has 2 amide bonds. The van der Waals surface area contributed by atoms with E-state index < -0.39 is 28.5 Å². The number of carbonyl (C=O) groups is 2. The molecule has 1 N–H and O–H groups in total. The summed E-state index contributed by atoms with van der Waals surface area (Å²) in [7, 11) is -3.79. The molecule has 0 fully saturated rings. The van der Waals surface area contributed by atoms with Gasteiger partial charge in [-0.3, -0.25) is 13.9 Å². The van der Waals surface area contributed by atoms with E-state index in [1.165, 1.54) is 4.90 Å². The number of anilines is 1. The number of hydrogen-bond acceptors (Lipinski definition) is 4. The molecule has 0 heterocycles. The molecule has 8 heteroatoms. The topological polar surface area (TPSA) is 86.8 Å². The van der Waals surface area contributed by atoms with Gasteiger partial charge in [0.25, 0.3) is 0 Å². The van der Waals surface area contributed by atoms with Gasteiger partial charge in [0.1, 0.15) is 12.6 Å². The third-order valence-corrected chi connectivity index (χ3v) is 7.82. The molecule has 0 aliphatic carbocycles. The van der Waals surface area contributed by atoms with E-state index in [9.17, 15) is 18.0 Å². The molecular formula is C31H39N3O4S. The summed E-state index contributed by atoms with van der Waals surface area (Å²) < 4.78 is 26.8. The molecule has 0 bridgehead atoms. The highest BCUT2D eigenvalue weighted by molar-refractivity contribution is 7.92. The Hall–Kier alpha value is -3.65. The lowest BCUT2D eigenvalue weighted by Gasteiger charge is -2.34. The molecule has 0 radical (unpaired) electrons. The Morgan fingerprint density at radius 2 is 1.49 bits per heavy atom. The number of nitrogens with one attached hydrogen (secondary N) is 1. The van der Waals surface area contributed by atoms with E-state index in [-0.39, 0.29) is 18.5 Å². The number of rotatable bonds is 12. The maximum atomic E-state index is 14.1. The van der Waals surface area contributed by atoms with Crippen LogP contribution in [0.2, 0.25) is 0 Å². The first-order chi connectivity index (χ1) is 18.5. The Morgan fingerprint density at radius 1 is 0.872 bits per heavy atom. The molecule has 0 aliphatic heterocycles. The van der Waals surface area contributed by atoms with Crippen molar-refractivity contribution < 1.29 is 18.0 Å². The minimum absolute atomic E-state index is 0.0773. The summed E-state index contributed by atoms with van der Waals surface area (Å²) in [6.07, 6.45) is 2.12. The van der Waals surface area contributed by atoms with Gasteiger partial charge in [0.15, 0.2) is 0 Å². The van der Waals surface area contributed by atoms with Gasteiger partial charge in [-0.2, -0.15) is 0 Å². The fourth-order valence-electron chi connectivity index (χ4n) is 4.40. The van der Waals surface area contributed by atoms with Gasteiger partial charge in [0, 0.05) is 19.0 Å². The first kappa shape index (κ1) is 29.9. The monoisotopic (exact) mass is 549 g/mol. The van der Waals surface area contributed by atoms with Crippen molar-refractivity contribution in [1.82, 2.24) is 10.2 Å². The summed E-state index contributed by atoms with van der Waals surface area (Å²) in [5.74, 6) is -0.723. The van der Waals surface area contributed by atoms with Gasteiger partial charge in [0.2, 0.25) is 21.8 Å². The molecule has 0 aliphatic rings. The summed E-state index contributed by atoms with van der Waals surface area (Å²) in [5, 5.41) is 3.04. The van der Waals surface area contributed by atoms with Gasteiger partial charge in [-0.05, 0) is 56.0 Å². The quantitative estimate of drug-likeness (QED) is 0.357. The van der Waals surface area contributed by atoms with Crippen LogP contribution >= 0.6 is 0 Å². The van der Waals surface area contributed by atoms with Crippen LogP contribution in [0.25, 0.3) is 0 Å². The van der Waals surface area contributed by atoms with Gasteiger partial charge >= 0.3 is 0 Å². The first-order valence-electron chi connectivity index (χ1n) is 13.2. The first-order valence-corrected chi connectivity index (χ1v) is 15.1. The van der Waals surface area contributed by atoms with Crippen molar-refractivity contribution in [2.75, 3.05) is 17.1 Å². The average molecular weight is 550 g/mol. The van der Waals surface area contributed by atoms with Crippen molar-refractivity contribution in [2.45, 2.75) is 59.2 Å². The normalized spacial score (nSPS) is 12.8. The SMILES string of the molecule is CC[C@@H](C)NC(=O)[C@H](Cc1ccccc1)N(Cc1cccc(C)c1)C(=O)CN(c1cccc(C)c1)S(C)(=O)=O. The highest BCUT2D eigenvalue weighted by atomic mass is 32.2. The second-order valence-electron chi connectivity index (χ2n) is 10.1. The number of amides is 2. The lowest BCUT2D eigenvalue weighted by molar-refractivity contribution is -0.140. The van der Waals surface area contributed by atoms with Crippen molar-refractivity contribution in [3.05, 3.63) is 101 Å². The lowest BCUT2D eigenvalue weighted by atomic mass is 10.0. The lowest BCUT2D eigenvalue weighted by Crippen LogP contribution is -2.54. The largest absolute Gasteiger partial charge is 0.352 e. The van der Waals surface area contributed by atoms with Crippen LogP contribution in [-0.2, 0) is 32.6 Å². The Kier molecular flexibility index (Phi) is 10.3. The van der Waals surface area contributed by atoms with Crippen LogP contribution in [0.1, 0.15) is 42.5 Å². The van der Waals surface area contributed by atoms with Crippen LogP contribution in [0.4, 0.5) is 5.69 Å². The van der Waals surface area contributed by atoms with Crippen molar-refractivity contribution in [1.29, 1.82) is 0 Å². The minimum atomic E-state index is -3.79. The minimum Gasteiger partial charge on any atom is -0.352 e. The number of nitrogens with zero attached hydrogens (tertiary/aromatic N) is 2. The second-order valence-corrected chi connectivity index (χ2v) is 12.0. The highest BCUT2D eigenvalue weighted by Crippen LogP contribution is 2.21. The van der Waals surface area contributed by atoms with Crippen LogP contribution < -0.4 is 9.62 Å². The van der Waals surface area contributed by atoms with Crippen LogP contribution in [-0.4, -0.2) is 50.0 Å². The number of hydrogen-bond donors (Lipinski definition) is 1. The molecule has 0 saturated carbocycles. The maximum Gasteiger partial charge on any atom is 0.244 e. The summed E-state index contributed by atoms with van der Waals surface area (Å²) >= 11 is 0. The van der Waals surface area contributed by atoms with Crippen LogP contribution in [0.5, 0.6) is 0 Å². The predicted molar refractivity (Wildman–Crippen MR) is 157 cm³/mol. The Bertz CT molecular complexity index is 1380. The van der Waals surface area contributed by atoms with Crippen LogP contribution in [0.15, 0.2) is 78.9 Å². The van der Waals surface area contributed by atoms with E-state index in [0.29, 0.717) is 12.1 Å².